The highest BCUT2D eigenvalue weighted by Crippen LogP contribution is 2.23. The number of aryl methyl sites for hydroxylation is 1. The lowest BCUT2D eigenvalue weighted by molar-refractivity contribution is 0.719. The summed E-state index contributed by atoms with van der Waals surface area (Å²) in [6.07, 6.45) is 7.05. The quantitative estimate of drug-likeness (QED) is 0.628. The molecule has 0 aromatic carbocycles. The normalized spacial score (nSPS) is 11.1. The molecule has 0 atom stereocenters. The third-order valence-electron chi connectivity index (χ3n) is 4.49. The SMILES string of the molecule is Cc1c(C)n(-c2ccccn2)c2ncn(Cc3cccnc3)c(=N)c12. The van der Waals surface area contributed by atoms with Crippen LogP contribution in [-0.4, -0.2) is 24.1 Å². The molecule has 6 nitrogen and oxygen atoms in total. The van der Waals surface area contributed by atoms with E-state index in [-0.39, 0.29) is 0 Å². The molecule has 25 heavy (non-hydrogen) atoms. The highest BCUT2D eigenvalue weighted by Gasteiger charge is 2.16. The van der Waals surface area contributed by atoms with Crippen LogP contribution in [0.1, 0.15) is 16.8 Å². The summed E-state index contributed by atoms with van der Waals surface area (Å²) in [6, 6.07) is 9.70. The Morgan fingerprint density at radius 2 is 1.92 bits per heavy atom. The summed E-state index contributed by atoms with van der Waals surface area (Å²) < 4.78 is 3.85. The number of hydrogen-bond donors (Lipinski definition) is 1. The molecule has 0 aliphatic heterocycles. The van der Waals surface area contributed by atoms with Gasteiger partial charge < -0.3 is 4.57 Å². The Morgan fingerprint density at radius 1 is 1.04 bits per heavy atom. The first kappa shape index (κ1) is 15.3. The summed E-state index contributed by atoms with van der Waals surface area (Å²) in [5, 5.41) is 9.53. The fourth-order valence-electron chi connectivity index (χ4n) is 3.09. The molecule has 0 unspecified atom stereocenters. The van der Waals surface area contributed by atoms with E-state index in [1.165, 1.54) is 0 Å². The van der Waals surface area contributed by atoms with E-state index in [1.807, 2.05) is 59.5 Å². The van der Waals surface area contributed by atoms with E-state index in [0.29, 0.717) is 12.0 Å². The Kier molecular flexibility index (Phi) is 3.65. The van der Waals surface area contributed by atoms with Gasteiger partial charge in [-0.15, -0.1) is 0 Å². The summed E-state index contributed by atoms with van der Waals surface area (Å²) >= 11 is 0. The van der Waals surface area contributed by atoms with Crippen molar-refractivity contribution < 1.29 is 0 Å². The lowest BCUT2D eigenvalue weighted by Gasteiger charge is -2.09. The average Bonchev–Trinajstić information content (AvgIpc) is 2.90. The van der Waals surface area contributed by atoms with Crippen molar-refractivity contribution in [1.29, 1.82) is 5.41 Å². The molecule has 4 aromatic heterocycles. The summed E-state index contributed by atoms with van der Waals surface area (Å²) in [4.78, 5) is 13.2. The Bertz CT molecular complexity index is 1090. The molecule has 0 aliphatic carbocycles. The van der Waals surface area contributed by atoms with Crippen LogP contribution in [0.2, 0.25) is 0 Å². The van der Waals surface area contributed by atoms with Crippen molar-refractivity contribution in [1.82, 2.24) is 24.1 Å². The van der Waals surface area contributed by atoms with Crippen LogP contribution in [0.25, 0.3) is 16.9 Å². The number of nitrogens with one attached hydrogen (secondary N) is 1. The summed E-state index contributed by atoms with van der Waals surface area (Å²) in [5.41, 5.74) is 4.36. The lowest BCUT2D eigenvalue weighted by atomic mass is 10.2. The summed E-state index contributed by atoms with van der Waals surface area (Å²) in [5.74, 6) is 0.815. The molecule has 4 rings (SSSR count). The predicted molar refractivity (Wildman–Crippen MR) is 95.5 cm³/mol. The molecule has 6 heteroatoms. The van der Waals surface area contributed by atoms with Gasteiger partial charge in [0.25, 0.3) is 0 Å². The average molecular weight is 330 g/mol. The fraction of sp³-hybridized carbons (Fsp3) is 0.158. The first-order valence-electron chi connectivity index (χ1n) is 8.09. The molecule has 0 bridgehead atoms. The third-order valence-corrected chi connectivity index (χ3v) is 4.49. The van der Waals surface area contributed by atoms with Crippen LogP contribution in [0.4, 0.5) is 0 Å². The highest BCUT2D eigenvalue weighted by atomic mass is 15.1. The first-order chi connectivity index (χ1) is 12.2. The standard InChI is InChI=1S/C19H18N6/c1-13-14(2)25(16-7-3-4-9-22-16)19-17(13)18(20)24(12-23-19)11-15-6-5-8-21-10-15/h3-10,12,20H,11H2,1-2H3. The van der Waals surface area contributed by atoms with Crippen LogP contribution < -0.4 is 5.49 Å². The zero-order valence-corrected chi connectivity index (χ0v) is 14.1. The van der Waals surface area contributed by atoms with Crippen molar-refractivity contribution in [2.24, 2.45) is 0 Å². The van der Waals surface area contributed by atoms with Gasteiger partial charge in [0.05, 0.1) is 18.3 Å². The van der Waals surface area contributed by atoms with Crippen molar-refractivity contribution >= 4 is 11.0 Å². The minimum Gasteiger partial charge on any atom is -0.312 e. The molecule has 124 valence electrons. The monoisotopic (exact) mass is 330 g/mol. The van der Waals surface area contributed by atoms with Gasteiger partial charge in [-0.2, -0.15) is 0 Å². The van der Waals surface area contributed by atoms with Gasteiger partial charge in [-0.05, 0) is 43.2 Å². The van der Waals surface area contributed by atoms with Gasteiger partial charge in [0.1, 0.15) is 11.3 Å². The van der Waals surface area contributed by atoms with Gasteiger partial charge >= 0.3 is 0 Å². The molecular weight excluding hydrogens is 312 g/mol. The molecule has 0 amide bonds. The fourth-order valence-corrected chi connectivity index (χ4v) is 3.09. The molecule has 0 radical (unpaired) electrons. The molecular formula is C19H18N6. The Labute approximate surface area is 145 Å². The van der Waals surface area contributed by atoms with Crippen LogP contribution in [0.3, 0.4) is 0 Å². The van der Waals surface area contributed by atoms with Crippen LogP contribution >= 0.6 is 0 Å². The van der Waals surface area contributed by atoms with Gasteiger partial charge in [0.15, 0.2) is 5.65 Å². The van der Waals surface area contributed by atoms with Gasteiger partial charge in [0.2, 0.25) is 0 Å². The number of aromatic nitrogens is 5. The smallest absolute Gasteiger partial charge is 0.151 e. The maximum Gasteiger partial charge on any atom is 0.151 e. The van der Waals surface area contributed by atoms with Crippen LogP contribution in [-0.2, 0) is 6.54 Å². The van der Waals surface area contributed by atoms with E-state index in [1.54, 1.807) is 18.7 Å². The van der Waals surface area contributed by atoms with Crippen LogP contribution in [0, 0.1) is 19.3 Å². The van der Waals surface area contributed by atoms with E-state index in [4.69, 9.17) is 5.41 Å². The van der Waals surface area contributed by atoms with Gasteiger partial charge in [-0.3, -0.25) is 15.0 Å². The molecule has 0 spiro atoms. The second-order valence-electron chi connectivity index (χ2n) is 6.01. The molecule has 0 fully saturated rings. The van der Waals surface area contributed by atoms with Crippen molar-refractivity contribution in [2.75, 3.05) is 0 Å². The van der Waals surface area contributed by atoms with E-state index in [2.05, 4.69) is 15.0 Å². The van der Waals surface area contributed by atoms with Gasteiger partial charge in [0, 0.05) is 24.3 Å². The summed E-state index contributed by atoms with van der Waals surface area (Å²) in [6.45, 7) is 4.64. The van der Waals surface area contributed by atoms with Crippen LogP contribution in [0.15, 0.2) is 55.2 Å². The second-order valence-corrected chi connectivity index (χ2v) is 6.01. The molecule has 1 N–H and O–H groups in total. The number of fused-ring (bicyclic) bond motifs is 1. The first-order valence-corrected chi connectivity index (χ1v) is 8.09. The van der Waals surface area contributed by atoms with Gasteiger partial charge in [-0.25, -0.2) is 9.97 Å². The van der Waals surface area contributed by atoms with Gasteiger partial charge in [-0.1, -0.05) is 12.1 Å². The Hall–Kier alpha value is -3.28. The number of pyridine rings is 2. The Morgan fingerprint density at radius 3 is 2.64 bits per heavy atom. The van der Waals surface area contributed by atoms with Crippen molar-refractivity contribution in [2.45, 2.75) is 20.4 Å². The van der Waals surface area contributed by atoms with E-state index >= 15 is 0 Å². The van der Waals surface area contributed by atoms with E-state index < -0.39 is 0 Å². The Balaban J connectivity index is 1.91. The highest BCUT2D eigenvalue weighted by molar-refractivity contribution is 5.82. The molecule has 4 heterocycles. The molecule has 0 saturated heterocycles. The number of hydrogen-bond acceptors (Lipinski definition) is 4. The summed E-state index contributed by atoms with van der Waals surface area (Å²) in [7, 11) is 0. The second kappa shape index (κ2) is 5.98. The van der Waals surface area contributed by atoms with Crippen molar-refractivity contribution in [3.63, 3.8) is 0 Å². The maximum atomic E-state index is 8.67. The minimum atomic E-state index is 0.448. The molecule has 0 saturated carbocycles. The topological polar surface area (TPSA) is 72.4 Å². The van der Waals surface area contributed by atoms with Crippen LogP contribution in [0.5, 0.6) is 0 Å². The maximum absolute atomic E-state index is 8.67. The lowest BCUT2D eigenvalue weighted by Crippen LogP contribution is -2.21. The van der Waals surface area contributed by atoms with Crippen molar-refractivity contribution in [3.05, 3.63) is 77.6 Å². The zero-order valence-electron chi connectivity index (χ0n) is 14.1. The zero-order chi connectivity index (χ0) is 17.4. The molecule has 0 aliphatic rings. The van der Waals surface area contributed by atoms with E-state index in [9.17, 15) is 0 Å². The largest absolute Gasteiger partial charge is 0.312 e. The number of rotatable bonds is 3. The minimum absolute atomic E-state index is 0.448. The van der Waals surface area contributed by atoms with E-state index in [0.717, 1.165) is 33.7 Å². The predicted octanol–water partition coefficient (Wildman–Crippen LogP) is 2.76. The third kappa shape index (κ3) is 2.52. The number of nitrogens with zero attached hydrogens (tertiary/aromatic N) is 5. The molecule has 4 aromatic rings. The van der Waals surface area contributed by atoms with Crippen molar-refractivity contribution in [3.8, 4) is 5.82 Å².